The molecule has 0 amide bonds. The second-order valence-corrected chi connectivity index (χ2v) is 11.1. The maximum Gasteiger partial charge on any atom is 0.208 e. The van der Waals surface area contributed by atoms with E-state index in [9.17, 15) is 8.42 Å². The van der Waals surface area contributed by atoms with Gasteiger partial charge in [-0.3, -0.25) is 0 Å². The first-order valence-corrected chi connectivity index (χ1v) is 13.6. The molecular formula is C25H35N3O3S. The average molecular weight is 458 g/mol. The molecule has 2 fully saturated rings. The molecule has 0 radical (unpaired) electrons. The Morgan fingerprint density at radius 1 is 1.03 bits per heavy atom. The summed E-state index contributed by atoms with van der Waals surface area (Å²) in [6, 6.07) is 16.7. The molecule has 1 N–H and O–H groups in total. The van der Waals surface area contributed by atoms with E-state index in [2.05, 4.69) is 51.9 Å². The number of anilines is 1. The Labute approximate surface area is 192 Å². The molecule has 32 heavy (non-hydrogen) atoms. The zero-order valence-corrected chi connectivity index (χ0v) is 19.9. The summed E-state index contributed by atoms with van der Waals surface area (Å²) in [7, 11) is -3.28. The van der Waals surface area contributed by atoms with Gasteiger partial charge in [-0.05, 0) is 62.6 Å². The first kappa shape index (κ1) is 23.2. The zero-order chi connectivity index (χ0) is 22.6. The number of benzene rings is 1. The highest BCUT2D eigenvalue weighted by atomic mass is 32.2. The Bertz CT molecular complexity index is 947. The van der Waals surface area contributed by atoms with Crippen molar-refractivity contribution < 1.29 is 13.2 Å². The number of piperidine rings is 1. The molecule has 1 aromatic carbocycles. The molecule has 2 heterocycles. The Morgan fingerprint density at radius 2 is 1.75 bits per heavy atom. The van der Waals surface area contributed by atoms with Crippen LogP contribution in [0.25, 0.3) is 0 Å². The molecule has 1 saturated carbocycles. The summed E-state index contributed by atoms with van der Waals surface area (Å²) in [4.78, 5) is 6.80. The van der Waals surface area contributed by atoms with Crippen molar-refractivity contribution >= 4 is 15.8 Å². The summed E-state index contributed by atoms with van der Waals surface area (Å²) in [6.07, 6.45) is 8.41. The smallest absolute Gasteiger partial charge is 0.208 e. The minimum atomic E-state index is -3.28. The van der Waals surface area contributed by atoms with Crippen molar-refractivity contribution in [2.75, 3.05) is 24.3 Å². The summed E-state index contributed by atoms with van der Waals surface area (Å²) in [5.41, 5.74) is 1.43. The van der Waals surface area contributed by atoms with Crippen molar-refractivity contribution in [2.45, 2.75) is 63.1 Å². The Morgan fingerprint density at radius 3 is 2.41 bits per heavy atom. The van der Waals surface area contributed by atoms with Gasteiger partial charge in [0.25, 0.3) is 0 Å². The zero-order valence-electron chi connectivity index (χ0n) is 19.1. The largest absolute Gasteiger partial charge is 0.378 e. The van der Waals surface area contributed by atoms with Crippen LogP contribution >= 0.6 is 0 Å². The van der Waals surface area contributed by atoms with Crippen molar-refractivity contribution in [3.05, 3.63) is 60.3 Å². The van der Waals surface area contributed by atoms with Gasteiger partial charge in [-0.15, -0.1) is 0 Å². The lowest BCUT2D eigenvalue weighted by molar-refractivity contribution is -0.00891. The molecular weight excluding hydrogens is 422 g/mol. The summed E-state index contributed by atoms with van der Waals surface area (Å²) >= 11 is 0. The second-order valence-electron chi connectivity index (χ2n) is 9.29. The monoisotopic (exact) mass is 457 g/mol. The molecule has 1 aromatic heterocycles. The van der Waals surface area contributed by atoms with Gasteiger partial charge in [0.15, 0.2) is 0 Å². The Balaban J connectivity index is 1.39. The van der Waals surface area contributed by atoms with E-state index in [1.165, 1.54) is 11.8 Å². The van der Waals surface area contributed by atoms with Crippen LogP contribution in [0.15, 0.2) is 54.7 Å². The van der Waals surface area contributed by atoms with Gasteiger partial charge < -0.3 is 9.64 Å². The fourth-order valence-corrected chi connectivity index (χ4v) is 6.16. The van der Waals surface area contributed by atoms with E-state index in [0.29, 0.717) is 12.5 Å². The van der Waals surface area contributed by atoms with Crippen LogP contribution in [0.3, 0.4) is 0 Å². The molecule has 4 rings (SSSR count). The molecule has 2 aliphatic rings. The molecule has 1 aliphatic carbocycles. The number of ether oxygens (including phenoxy) is 1. The van der Waals surface area contributed by atoms with Crippen molar-refractivity contribution in [3.63, 3.8) is 0 Å². The summed E-state index contributed by atoms with van der Waals surface area (Å²) < 4.78 is 33.3. The standard InChI is InChI=1S/C25H35N3O3S/c1-19-23(18-31-22-13-11-21(12-14-22)20-8-4-3-5-9-20)24(27-32(2,29)30)15-17-28(19)25-10-6-7-16-26-25/h3-10,16,19,21-24,27H,11-15,17-18H2,1-2H3/t19-,21-,22+,23-,24+/m1/s1. The number of hydrogen-bond acceptors (Lipinski definition) is 5. The van der Waals surface area contributed by atoms with Gasteiger partial charge in [-0.25, -0.2) is 18.1 Å². The minimum absolute atomic E-state index is 0.0623. The quantitative estimate of drug-likeness (QED) is 0.681. The van der Waals surface area contributed by atoms with Crippen LogP contribution in [0.1, 0.15) is 50.5 Å². The SMILES string of the molecule is C[C@@H]1[C@@H](CO[C@H]2CC[C@@H](c3ccccc3)CC2)[C@@H](NS(C)(=O)=O)CCN1c1ccccn1. The third-order valence-electron chi connectivity index (χ3n) is 7.09. The van der Waals surface area contributed by atoms with E-state index in [1.807, 2.05) is 18.2 Å². The molecule has 1 saturated heterocycles. The van der Waals surface area contributed by atoms with Crippen LogP contribution in [0.2, 0.25) is 0 Å². The summed E-state index contributed by atoms with van der Waals surface area (Å²) in [5.74, 6) is 1.61. The molecule has 0 spiro atoms. The molecule has 6 nitrogen and oxygen atoms in total. The number of pyridine rings is 1. The number of nitrogens with one attached hydrogen (secondary N) is 1. The molecule has 2 aromatic rings. The van der Waals surface area contributed by atoms with E-state index in [1.54, 1.807) is 6.20 Å². The highest BCUT2D eigenvalue weighted by molar-refractivity contribution is 7.88. The maximum atomic E-state index is 12.0. The molecule has 3 atom stereocenters. The number of rotatable bonds is 7. The van der Waals surface area contributed by atoms with Gasteiger partial charge in [0.05, 0.1) is 19.0 Å². The molecule has 174 valence electrons. The topological polar surface area (TPSA) is 71.5 Å². The average Bonchev–Trinajstić information content (AvgIpc) is 2.79. The van der Waals surface area contributed by atoms with Crippen LogP contribution in [0, 0.1) is 5.92 Å². The van der Waals surface area contributed by atoms with Crippen LogP contribution in [0.4, 0.5) is 5.82 Å². The Hall–Kier alpha value is -1.96. The second kappa shape index (κ2) is 10.3. The van der Waals surface area contributed by atoms with E-state index in [4.69, 9.17) is 4.74 Å². The minimum Gasteiger partial charge on any atom is -0.378 e. The van der Waals surface area contributed by atoms with Crippen LogP contribution in [-0.2, 0) is 14.8 Å². The highest BCUT2D eigenvalue weighted by Crippen LogP contribution is 2.35. The first-order valence-electron chi connectivity index (χ1n) is 11.7. The van der Waals surface area contributed by atoms with Crippen molar-refractivity contribution in [1.29, 1.82) is 0 Å². The lowest BCUT2D eigenvalue weighted by atomic mass is 9.82. The van der Waals surface area contributed by atoms with Crippen molar-refractivity contribution in [1.82, 2.24) is 9.71 Å². The molecule has 7 heteroatoms. The third-order valence-corrected chi connectivity index (χ3v) is 7.82. The number of aromatic nitrogens is 1. The summed E-state index contributed by atoms with van der Waals surface area (Å²) in [5, 5.41) is 0. The third kappa shape index (κ3) is 5.88. The molecule has 0 bridgehead atoms. The van der Waals surface area contributed by atoms with Gasteiger partial charge in [-0.1, -0.05) is 36.4 Å². The van der Waals surface area contributed by atoms with E-state index in [0.717, 1.165) is 44.5 Å². The van der Waals surface area contributed by atoms with Gasteiger partial charge in [-0.2, -0.15) is 0 Å². The predicted octanol–water partition coefficient (Wildman–Crippen LogP) is 3.96. The maximum absolute atomic E-state index is 12.0. The molecule has 1 aliphatic heterocycles. The van der Waals surface area contributed by atoms with Gasteiger partial charge in [0.1, 0.15) is 5.82 Å². The normalized spacial score (nSPS) is 29.1. The van der Waals surface area contributed by atoms with Crippen LogP contribution < -0.4 is 9.62 Å². The van der Waals surface area contributed by atoms with Crippen molar-refractivity contribution in [2.24, 2.45) is 5.92 Å². The number of hydrogen-bond donors (Lipinski definition) is 1. The predicted molar refractivity (Wildman–Crippen MR) is 128 cm³/mol. The fraction of sp³-hybridized carbons (Fsp3) is 0.560. The number of nitrogens with zero attached hydrogens (tertiary/aromatic N) is 2. The first-order chi connectivity index (χ1) is 15.4. The van der Waals surface area contributed by atoms with Crippen LogP contribution in [-0.4, -0.2) is 51.0 Å². The molecule has 0 unspecified atom stereocenters. The van der Waals surface area contributed by atoms with Gasteiger partial charge in [0.2, 0.25) is 10.0 Å². The number of sulfonamides is 1. The van der Waals surface area contributed by atoms with E-state index >= 15 is 0 Å². The lowest BCUT2D eigenvalue weighted by Crippen LogP contribution is -2.57. The van der Waals surface area contributed by atoms with Crippen molar-refractivity contribution in [3.8, 4) is 0 Å². The van der Waals surface area contributed by atoms with E-state index < -0.39 is 10.0 Å². The highest BCUT2D eigenvalue weighted by Gasteiger charge is 2.38. The van der Waals surface area contributed by atoms with E-state index in [-0.39, 0.29) is 24.1 Å². The lowest BCUT2D eigenvalue weighted by Gasteiger charge is -2.45. The van der Waals surface area contributed by atoms with Gasteiger partial charge >= 0.3 is 0 Å². The van der Waals surface area contributed by atoms with Crippen LogP contribution in [0.5, 0.6) is 0 Å². The Kier molecular flexibility index (Phi) is 7.48. The summed E-state index contributed by atoms with van der Waals surface area (Å²) in [6.45, 7) is 3.48. The van der Waals surface area contributed by atoms with Gasteiger partial charge in [0, 0.05) is 30.7 Å². The fourth-order valence-electron chi connectivity index (χ4n) is 5.32.